The summed E-state index contributed by atoms with van der Waals surface area (Å²) >= 11 is 1.54. The van der Waals surface area contributed by atoms with Crippen LogP contribution in [-0.2, 0) is 4.79 Å². The average Bonchev–Trinajstić information content (AvgIpc) is 2.42. The Morgan fingerprint density at radius 3 is 2.63 bits per heavy atom. The molecule has 0 unspecified atom stereocenters. The van der Waals surface area contributed by atoms with Gasteiger partial charge in [0, 0.05) is 10.6 Å². The Balaban J connectivity index is 1.79. The minimum atomic E-state index is -0.294. The summed E-state index contributed by atoms with van der Waals surface area (Å²) in [6, 6.07) is 15.9. The van der Waals surface area contributed by atoms with Crippen molar-refractivity contribution in [1.82, 2.24) is 0 Å². The molecule has 0 aliphatic carbocycles. The van der Waals surface area contributed by atoms with Crippen molar-refractivity contribution >= 4 is 29.0 Å². The molecule has 0 fully saturated rings. The van der Waals surface area contributed by atoms with Crippen LogP contribution in [0.5, 0.6) is 0 Å². The molecule has 2 aromatic carbocycles. The number of aryl methyl sites for hydroxylation is 1. The van der Waals surface area contributed by atoms with Gasteiger partial charge in [-0.05, 0) is 31.2 Å². The summed E-state index contributed by atoms with van der Waals surface area (Å²) in [5.74, 6) is -0.00993. The molecule has 0 saturated heterocycles. The van der Waals surface area contributed by atoms with Gasteiger partial charge in [0.15, 0.2) is 5.37 Å². The van der Waals surface area contributed by atoms with E-state index < -0.39 is 0 Å². The minimum absolute atomic E-state index is 0.00993. The number of thioether (sulfide) groups is 1. The first-order chi connectivity index (χ1) is 9.22. The molecule has 19 heavy (non-hydrogen) atoms. The fourth-order valence-corrected chi connectivity index (χ4v) is 2.97. The number of para-hydroxylation sites is 1. The third-order valence-electron chi connectivity index (χ3n) is 2.98. The van der Waals surface area contributed by atoms with E-state index in [9.17, 15) is 4.79 Å². The van der Waals surface area contributed by atoms with Crippen LogP contribution in [0.3, 0.4) is 0 Å². The normalized spacial score (nSPS) is 17.5. The maximum Gasteiger partial charge on any atom is 0.257 e. The highest BCUT2D eigenvalue weighted by molar-refractivity contribution is 8.01. The molecule has 1 aliphatic heterocycles. The first kappa shape index (κ1) is 12.1. The van der Waals surface area contributed by atoms with Gasteiger partial charge in [0.05, 0.1) is 5.69 Å². The number of carbonyl (C=O) groups is 1. The minimum Gasteiger partial charge on any atom is -0.365 e. The monoisotopic (exact) mass is 270 g/mol. The van der Waals surface area contributed by atoms with Crippen LogP contribution >= 0.6 is 11.8 Å². The molecule has 1 amide bonds. The smallest absolute Gasteiger partial charge is 0.257 e. The summed E-state index contributed by atoms with van der Waals surface area (Å²) in [7, 11) is 0. The van der Waals surface area contributed by atoms with Crippen LogP contribution in [0.1, 0.15) is 5.56 Å². The van der Waals surface area contributed by atoms with Crippen molar-refractivity contribution in [2.75, 3.05) is 10.6 Å². The second-order valence-corrected chi connectivity index (χ2v) is 5.64. The molecule has 1 aliphatic rings. The van der Waals surface area contributed by atoms with E-state index in [0.717, 1.165) is 16.3 Å². The number of nitrogens with one attached hydrogen (secondary N) is 2. The molecule has 0 spiro atoms. The summed E-state index contributed by atoms with van der Waals surface area (Å²) < 4.78 is 0. The first-order valence-electron chi connectivity index (χ1n) is 6.12. The third kappa shape index (κ3) is 2.58. The summed E-state index contributed by atoms with van der Waals surface area (Å²) in [4.78, 5) is 13.1. The van der Waals surface area contributed by atoms with Crippen LogP contribution in [0.2, 0.25) is 0 Å². The number of hydrogen-bond donors (Lipinski definition) is 2. The van der Waals surface area contributed by atoms with Crippen molar-refractivity contribution in [3.8, 4) is 0 Å². The summed E-state index contributed by atoms with van der Waals surface area (Å²) in [6.45, 7) is 2.04. The largest absolute Gasteiger partial charge is 0.365 e. The van der Waals surface area contributed by atoms with Crippen LogP contribution in [0.15, 0.2) is 53.4 Å². The Kier molecular flexibility index (Phi) is 3.17. The zero-order chi connectivity index (χ0) is 13.2. The molecule has 0 saturated carbocycles. The Labute approximate surface area is 116 Å². The summed E-state index contributed by atoms with van der Waals surface area (Å²) in [5.41, 5.74) is 3.05. The lowest BCUT2D eigenvalue weighted by molar-refractivity contribution is -0.115. The molecular formula is C15H14N2OS. The molecule has 0 radical (unpaired) electrons. The van der Waals surface area contributed by atoms with E-state index in [4.69, 9.17) is 0 Å². The van der Waals surface area contributed by atoms with Crippen LogP contribution < -0.4 is 10.6 Å². The zero-order valence-corrected chi connectivity index (χ0v) is 11.3. The van der Waals surface area contributed by atoms with E-state index in [1.807, 2.05) is 55.5 Å². The van der Waals surface area contributed by atoms with Gasteiger partial charge in [0.2, 0.25) is 0 Å². The second-order valence-electron chi connectivity index (χ2n) is 4.49. The molecule has 2 N–H and O–H groups in total. The second kappa shape index (κ2) is 4.97. The van der Waals surface area contributed by atoms with Gasteiger partial charge in [-0.2, -0.15) is 0 Å². The molecule has 2 aromatic rings. The number of anilines is 2. The molecular weight excluding hydrogens is 256 g/mol. The van der Waals surface area contributed by atoms with E-state index in [-0.39, 0.29) is 11.3 Å². The van der Waals surface area contributed by atoms with Gasteiger partial charge in [0.1, 0.15) is 0 Å². The maximum absolute atomic E-state index is 12.0. The Morgan fingerprint density at radius 2 is 1.84 bits per heavy atom. The lowest BCUT2D eigenvalue weighted by atomic mass is 10.2. The summed E-state index contributed by atoms with van der Waals surface area (Å²) in [6.07, 6.45) is 0. The third-order valence-corrected chi connectivity index (χ3v) is 4.15. The molecule has 96 valence electrons. The lowest BCUT2D eigenvalue weighted by Crippen LogP contribution is -2.34. The number of amides is 1. The molecule has 0 aromatic heterocycles. The molecule has 0 bridgehead atoms. The fourth-order valence-electron chi connectivity index (χ4n) is 1.95. The van der Waals surface area contributed by atoms with Gasteiger partial charge >= 0.3 is 0 Å². The molecule has 3 nitrogen and oxygen atoms in total. The molecule has 3 rings (SSSR count). The van der Waals surface area contributed by atoms with Gasteiger partial charge < -0.3 is 10.6 Å². The number of hydrogen-bond acceptors (Lipinski definition) is 3. The van der Waals surface area contributed by atoms with Crippen LogP contribution in [0.4, 0.5) is 11.4 Å². The molecule has 4 heteroatoms. The fraction of sp³-hybridized carbons (Fsp3) is 0.133. The zero-order valence-electron chi connectivity index (χ0n) is 10.5. The van der Waals surface area contributed by atoms with E-state index >= 15 is 0 Å². The van der Waals surface area contributed by atoms with Gasteiger partial charge in [-0.3, -0.25) is 4.79 Å². The van der Waals surface area contributed by atoms with Gasteiger partial charge in [-0.1, -0.05) is 41.6 Å². The Hall–Kier alpha value is -1.94. The number of benzene rings is 2. The topological polar surface area (TPSA) is 41.1 Å². The Morgan fingerprint density at radius 1 is 1.11 bits per heavy atom. The SMILES string of the molecule is Cc1ccc(N[C@@H]2Sc3ccccc3NC2=O)cc1. The first-order valence-corrected chi connectivity index (χ1v) is 7.00. The van der Waals surface area contributed by atoms with Crippen molar-refractivity contribution < 1.29 is 4.79 Å². The van der Waals surface area contributed by atoms with Crippen LogP contribution in [0.25, 0.3) is 0 Å². The van der Waals surface area contributed by atoms with Crippen molar-refractivity contribution in [3.05, 3.63) is 54.1 Å². The van der Waals surface area contributed by atoms with Crippen molar-refractivity contribution in [2.24, 2.45) is 0 Å². The average molecular weight is 270 g/mol. The van der Waals surface area contributed by atoms with E-state index in [0.29, 0.717) is 0 Å². The van der Waals surface area contributed by atoms with Crippen molar-refractivity contribution in [1.29, 1.82) is 0 Å². The van der Waals surface area contributed by atoms with E-state index in [1.54, 1.807) is 11.8 Å². The van der Waals surface area contributed by atoms with Crippen LogP contribution in [0, 0.1) is 6.92 Å². The highest BCUT2D eigenvalue weighted by Crippen LogP contribution is 2.35. The predicted octanol–water partition coefficient (Wildman–Crippen LogP) is 3.48. The van der Waals surface area contributed by atoms with E-state index in [1.165, 1.54) is 5.56 Å². The maximum atomic E-state index is 12.0. The van der Waals surface area contributed by atoms with Crippen molar-refractivity contribution in [2.45, 2.75) is 17.2 Å². The molecule has 1 heterocycles. The highest BCUT2D eigenvalue weighted by atomic mass is 32.2. The van der Waals surface area contributed by atoms with Gasteiger partial charge in [0.25, 0.3) is 5.91 Å². The predicted molar refractivity (Wildman–Crippen MR) is 79.5 cm³/mol. The van der Waals surface area contributed by atoms with Crippen LogP contribution in [-0.4, -0.2) is 11.3 Å². The summed E-state index contributed by atoms with van der Waals surface area (Å²) in [5, 5.41) is 5.88. The van der Waals surface area contributed by atoms with Gasteiger partial charge in [-0.25, -0.2) is 0 Å². The highest BCUT2D eigenvalue weighted by Gasteiger charge is 2.26. The van der Waals surface area contributed by atoms with Crippen molar-refractivity contribution in [3.63, 3.8) is 0 Å². The van der Waals surface area contributed by atoms with E-state index in [2.05, 4.69) is 10.6 Å². The quantitative estimate of drug-likeness (QED) is 0.878. The lowest BCUT2D eigenvalue weighted by Gasteiger charge is -2.25. The Bertz CT molecular complexity index is 610. The number of carbonyl (C=O) groups excluding carboxylic acids is 1. The standard InChI is InChI=1S/C15H14N2OS/c1-10-6-8-11(9-7-10)16-15-14(18)17-12-4-2-3-5-13(12)19-15/h2-9,15-16H,1H3,(H,17,18)/t15-/m1/s1. The number of fused-ring (bicyclic) bond motifs is 1. The molecule has 1 atom stereocenters. The van der Waals surface area contributed by atoms with Gasteiger partial charge in [-0.15, -0.1) is 0 Å². The number of rotatable bonds is 2.